The van der Waals surface area contributed by atoms with E-state index in [2.05, 4.69) is 0 Å². The maximum Gasteiger partial charge on any atom is 0.306 e. The largest absolute Gasteiger partial charge is 0.459 e. The van der Waals surface area contributed by atoms with Gasteiger partial charge in [0.05, 0.1) is 0 Å². The molecule has 0 bridgehead atoms. The Balaban J connectivity index is 2.54. The zero-order valence-electron chi connectivity index (χ0n) is 5.94. The first-order valence-electron chi connectivity index (χ1n) is 3.38. The van der Waals surface area contributed by atoms with Crippen molar-refractivity contribution < 1.29 is 9.53 Å². The third-order valence-corrected chi connectivity index (χ3v) is 1.97. The molecule has 2 nitrogen and oxygen atoms in total. The van der Waals surface area contributed by atoms with Gasteiger partial charge in [0.1, 0.15) is 5.60 Å². The van der Waals surface area contributed by atoms with Crippen molar-refractivity contribution in [1.29, 1.82) is 0 Å². The van der Waals surface area contributed by atoms with E-state index in [1.54, 1.807) is 0 Å². The highest BCUT2D eigenvalue weighted by Crippen LogP contribution is 2.28. The zero-order valence-corrected chi connectivity index (χ0v) is 5.94. The third-order valence-electron chi connectivity index (χ3n) is 1.97. The maximum atomic E-state index is 10.6. The van der Waals surface area contributed by atoms with Gasteiger partial charge in [0.25, 0.3) is 0 Å². The van der Waals surface area contributed by atoms with Crippen molar-refractivity contribution in [2.75, 3.05) is 0 Å². The summed E-state index contributed by atoms with van der Waals surface area (Å²) in [5.41, 5.74) is -0.142. The van der Waals surface area contributed by atoms with Gasteiger partial charge in [-0.05, 0) is 19.8 Å². The van der Waals surface area contributed by atoms with Crippen LogP contribution in [0.2, 0.25) is 0 Å². The number of carbonyl (C=O) groups excluding carboxylic acids is 1. The lowest BCUT2D eigenvalue weighted by molar-refractivity contribution is -0.147. The molecule has 0 radical (unpaired) electrons. The molecule has 0 N–H and O–H groups in total. The first-order chi connectivity index (χ1) is 4.16. The van der Waals surface area contributed by atoms with E-state index in [-0.39, 0.29) is 11.6 Å². The molecule has 0 unspecified atom stereocenters. The third kappa shape index (κ3) is 1.23. The monoisotopic (exact) mass is 128 g/mol. The summed E-state index contributed by atoms with van der Waals surface area (Å²) in [5.74, 6) is -0.0423. The molecule has 1 aliphatic rings. The van der Waals surface area contributed by atoms with E-state index in [0.717, 1.165) is 12.8 Å². The Labute approximate surface area is 55.2 Å². The zero-order chi connectivity index (χ0) is 6.91. The Kier molecular flexibility index (Phi) is 1.47. The molecule has 1 heterocycles. The minimum Gasteiger partial charge on any atom is -0.459 e. The fourth-order valence-electron chi connectivity index (χ4n) is 0.992. The summed E-state index contributed by atoms with van der Waals surface area (Å²) in [6, 6.07) is 0. The van der Waals surface area contributed by atoms with Crippen LogP contribution in [0.25, 0.3) is 0 Å². The van der Waals surface area contributed by atoms with Crippen molar-refractivity contribution >= 4 is 5.97 Å². The molecule has 1 saturated heterocycles. The Hall–Kier alpha value is -0.530. The second-order valence-electron chi connectivity index (χ2n) is 2.78. The van der Waals surface area contributed by atoms with Crippen molar-refractivity contribution in [3.63, 3.8) is 0 Å². The smallest absolute Gasteiger partial charge is 0.306 e. The number of carbonyl (C=O) groups is 1. The molecular formula is C7H12O2. The molecule has 0 saturated carbocycles. The Morgan fingerprint density at radius 3 is 2.67 bits per heavy atom. The quantitative estimate of drug-likeness (QED) is 0.500. The lowest BCUT2D eigenvalue weighted by Crippen LogP contribution is -2.21. The van der Waals surface area contributed by atoms with E-state index in [9.17, 15) is 4.79 Å². The molecule has 9 heavy (non-hydrogen) atoms. The molecule has 1 aliphatic heterocycles. The van der Waals surface area contributed by atoms with Crippen LogP contribution in [0.5, 0.6) is 0 Å². The van der Waals surface area contributed by atoms with Crippen LogP contribution in [0, 0.1) is 0 Å². The van der Waals surface area contributed by atoms with Gasteiger partial charge in [-0.15, -0.1) is 0 Å². The molecule has 0 aromatic heterocycles. The lowest BCUT2D eigenvalue weighted by atomic mass is 10.0. The van der Waals surface area contributed by atoms with Crippen LogP contribution in [0.15, 0.2) is 0 Å². The van der Waals surface area contributed by atoms with Crippen LogP contribution < -0.4 is 0 Å². The van der Waals surface area contributed by atoms with E-state index in [1.807, 2.05) is 13.8 Å². The van der Waals surface area contributed by atoms with Gasteiger partial charge in [0, 0.05) is 6.42 Å². The highest BCUT2D eigenvalue weighted by molar-refractivity contribution is 5.72. The number of ether oxygens (including phenoxy) is 1. The summed E-state index contributed by atoms with van der Waals surface area (Å²) in [6.45, 7) is 4.02. The van der Waals surface area contributed by atoms with E-state index < -0.39 is 0 Å². The summed E-state index contributed by atoms with van der Waals surface area (Å²) >= 11 is 0. The van der Waals surface area contributed by atoms with E-state index in [4.69, 9.17) is 4.74 Å². The molecule has 0 aromatic rings. The van der Waals surface area contributed by atoms with E-state index in [0.29, 0.717) is 6.42 Å². The van der Waals surface area contributed by atoms with Crippen LogP contribution in [-0.4, -0.2) is 11.6 Å². The lowest BCUT2D eigenvalue weighted by Gasteiger charge is -2.19. The summed E-state index contributed by atoms with van der Waals surface area (Å²) in [7, 11) is 0. The van der Waals surface area contributed by atoms with Crippen LogP contribution in [0.1, 0.15) is 33.1 Å². The molecule has 0 aromatic carbocycles. The number of hydrogen-bond acceptors (Lipinski definition) is 2. The van der Waals surface area contributed by atoms with Crippen LogP contribution >= 0.6 is 0 Å². The fourth-order valence-corrected chi connectivity index (χ4v) is 0.992. The minimum atomic E-state index is -0.142. The summed E-state index contributed by atoms with van der Waals surface area (Å²) in [6.07, 6.45) is 2.42. The number of cyclic esters (lactones) is 1. The topological polar surface area (TPSA) is 26.3 Å². The van der Waals surface area contributed by atoms with Gasteiger partial charge in [-0.25, -0.2) is 0 Å². The van der Waals surface area contributed by atoms with Gasteiger partial charge < -0.3 is 4.74 Å². The molecular weight excluding hydrogens is 116 g/mol. The highest BCUT2D eigenvalue weighted by atomic mass is 16.6. The molecule has 0 spiro atoms. The average Bonchev–Trinajstić information content (AvgIpc) is 2.13. The molecule has 2 heteroatoms. The van der Waals surface area contributed by atoms with Crippen molar-refractivity contribution in [3.05, 3.63) is 0 Å². The standard InChI is InChI=1S/C7H12O2/c1-3-7(2)5-4-6(8)9-7/h3-5H2,1-2H3/t7-/m0/s1. The highest BCUT2D eigenvalue weighted by Gasteiger charge is 2.33. The van der Waals surface area contributed by atoms with Gasteiger partial charge in [-0.1, -0.05) is 6.92 Å². The Morgan fingerprint density at radius 1 is 1.78 bits per heavy atom. The Morgan fingerprint density at radius 2 is 2.44 bits per heavy atom. The van der Waals surface area contributed by atoms with Crippen LogP contribution in [0.3, 0.4) is 0 Å². The van der Waals surface area contributed by atoms with E-state index in [1.165, 1.54) is 0 Å². The van der Waals surface area contributed by atoms with Gasteiger partial charge in [0.15, 0.2) is 0 Å². The first kappa shape index (κ1) is 6.59. The second kappa shape index (κ2) is 2.01. The predicted molar refractivity (Wildman–Crippen MR) is 34.0 cm³/mol. The normalized spacial score (nSPS) is 34.7. The van der Waals surface area contributed by atoms with Gasteiger partial charge in [-0.2, -0.15) is 0 Å². The van der Waals surface area contributed by atoms with Crippen LogP contribution in [-0.2, 0) is 9.53 Å². The number of hydrogen-bond donors (Lipinski definition) is 0. The number of rotatable bonds is 1. The second-order valence-corrected chi connectivity index (χ2v) is 2.78. The van der Waals surface area contributed by atoms with Crippen LogP contribution in [0.4, 0.5) is 0 Å². The molecule has 52 valence electrons. The molecule has 1 fully saturated rings. The van der Waals surface area contributed by atoms with E-state index >= 15 is 0 Å². The van der Waals surface area contributed by atoms with Gasteiger partial charge >= 0.3 is 5.97 Å². The van der Waals surface area contributed by atoms with Gasteiger partial charge in [0.2, 0.25) is 0 Å². The SMILES string of the molecule is CC[C@@]1(C)CCC(=O)O1. The maximum absolute atomic E-state index is 10.6. The Bertz CT molecular complexity index is 131. The summed E-state index contributed by atoms with van der Waals surface area (Å²) < 4.78 is 5.06. The summed E-state index contributed by atoms with van der Waals surface area (Å²) in [5, 5.41) is 0. The average molecular weight is 128 g/mol. The minimum absolute atomic E-state index is 0.0423. The fraction of sp³-hybridized carbons (Fsp3) is 0.857. The van der Waals surface area contributed by atoms with Crippen molar-refractivity contribution in [3.8, 4) is 0 Å². The first-order valence-corrected chi connectivity index (χ1v) is 3.38. The molecule has 1 atom stereocenters. The molecule has 1 rings (SSSR count). The van der Waals surface area contributed by atoms with Gasteiger partial charge in [-0.3, -0.25) is 4.79 Å². The predicted octanol–water partition coefficient (Wildman–Crippen LogP) is 1.49. The van der Waals surface area contributed by atoms with Crippen molar-refractivity contribution in [2.45, 2.75) is 38.7 Å². The van der Waals surface area contributed by atoms with Crippen molar-refractivity contribution in [1.82, 2.24) is 0 Å². The van der Waals surface area contributed by atoms with Crippen molar-refractivity contribution in [2.24, 2.45) is 0 Å². The molecule has 0 aliphatic carbocycles. The summed E-state index contributed by atoms with van der Waals surface area (Å²) in [4.78, 5) is 10.6. The molecule has 0 amide bonds. The number of esters is 1.